The van der Waals surface area contributed by atoms with Crippen molar-refractivity contribution in [2.45, 2.75) is 25.8 Å². The third-order valence-corrected chi connectivity index (χ3v) is 3.30. The molecule has 0 aliphatic rings. The molecule has 0 saturated carbocycles. The van der Waals surface area contributed by atoms with Crippen molar-refractivity contribution in [2.24, 2.45) is 0 Å². The molecular weight excluding hydrogens is 192 g/mol. The fourth-order valence-corrected chi connectivity index (χ4v) is 1.90. The molecule has 1 atom stereocenters. The number of hydrogen-bond donors (Lipinski definition) is 4. The lowest BCUT2D eigenvalue weighted by atomic mass is 10.2. The minimum Gasteiger partial charge on any atom is -0.478 e. The van der Waals surface area contributed by atoms with Gasteiger partial charge in [-0.1, -0.05) is 13.0 Å². The highest BCUT2D eigenvalue weighted by molar-refractivity contribution is 6.58. The standard InChI is InChI=1S/C7H14O5Si/c1-3-6(13(10,11)12)4-5(2)7(8)9/h4,6,10-12H,3H2,1-2H3,(H,8,9). The van der Waals surface area contributed by atoms with Crippen molar-refractivity contribution >= 4 is 14.8 Å². The Balaban J connectivity index is 4.64. The Labute approximate surface area is 77.3 Å². The predicted molar refractivity (Wildman–Crippen MR) is 47.8 cm³/mol. The molecule has 0 heterocycles. The summed E-state index contributed by atoms with van der Waals surface area (Å²) in [6.45, 7) is 2.98. The van der Waals surface area contributed by atoms with Crippen LogP contribution in [0, 0.1) is 0 Å². The van der Waals surface area contributed by atoms with Crippen LogP contribution in [0.3, 0.4) is 0 Å². The Kier molecular flexibility index (Phi) is 4.28. The van der Waals surface area contributed by atoms with Gasteiger partial charge in [0.1, 0.15) is 0 Å². The van der Waals surface area contributed by atoms with Crippen LogP contribution in [0.25, 0.3) is 0 Å². The van der Waals surface area contributed by atoms with Crippen LogP contribution in [0.4, 0.5) is 0 Å². The normalized spacial score (nSPS) is 15.6. The lowest BCUT2D eigenvalue weighted by Crippen LogP contribution is -2.39. The zero-order valence-corrected chi connectivity index (χ0v) is 8.56. The van der Waals surface area contributed by atoms with Crippen molar-refractivity contribution in [1.29, 1.82) is 0 Å². The molecule has 0 fully saturated rings. The number of hydrogen-bond acceptors (Lipinski definition) is 4. The third kappa shape index (κ3) is 4.18. The topological polar surface area (TPSA) is 98.0 Å². The van der Waals surface area contributed by atoms with E-state index in [1.54, 1.807) is 6.92 Å². The van der Waals surface area contributed by atoms with Crippen molar-refractivity contribution in [3.63, 3.8) is 0 Å². The largest absolute Gasteiger partial charge is 0.499 e. The molecule has 0 radical (unpaired) electrons. The Morgan fingerprint density at radius 2 is 1.92 bits per heavy atom. The molecule has 0 bridgehead atoms. The molecule has 6 heteroatoms. The molecule has 1 unspecified atom stereocenters. The van der Waals surface area contributed by atoms with E-state index in [2.05, 4.69) is 0 Å². The molecule has 0 amide bonds. The Hall–Kier alpha value is -0.693. The zero-order chi connectivity index (χ0) is 10.6. The van der Waals surface area contributed by atoms with Crippen molar-refractivity contribution in [3.05, 3.63) is 11.6 Å². The second kappa shape index (κ2) is 4.52. The van der Waals surface area contributed by atoms with Gasteiger partial charge in [0.25, 0.3) is 0 Å². The first kappa shape index (κ1) is 12.3. The summed E-state index contributed by atoms with van der Waals surface area (Å²) in [6.07, 6.45) is 1.47. The summed E-state index contributed by atoms with van der Waals surface area (Å²) in [6, 6.07) is 0. The molecule has 0 aliphatic heterocycles. The summed E-state index contributed by atoms with van der Waals surface area (Å²) >= 11 is 0. The average molecular weight is 206 g/mol. The fourth-order valence-electron chi connectivity index (χ4n) is 0.877. The summed E-state index contributed by atoms with van der Waals surface area (Å²) in [5.74, 6) is -1.13. The highest BCUT2D eigenvalue weighted by Crippen LogP contribution is 2.21. The predicted octanol–water partition coefficient (Wildman–Crippen LogP) is -0.287. The molecule has 13 heavy (non-hydrogen) atoms. The van der Waals surface area contributed by atoms with Crippen molar-refractivity contribution in [1.82, 2.24) is 0 Å². The van der Waals surface area contributed by atoms with E-state index in [1.165, 1.54) is 13.0 Å². The van der Waals surface area contributed by atoms with Gasteiger partial charge in [0.15, 0.2) is 0 Å². The minimum absolute atomic E-state index is 0.000810. The van der Waals surface area contributed by atoms with E-state index in [0.717, 1.165) is 0 Å². The molecule has 0 aromatic carbocycles. The van der Waals surface area contributed by atoms with Crippen LogP contribution < -0.4 is 0 Å². The minimum atomic E-state index is -4.24. The van der Waals surface area contributed by atoms with Crippen molar-refractivity contribution < 1.29 is 24.3 Å². The maximum Gasteiger partial charge on any atom is 0.499 e. The van der Waals surface area contributed by atoms with Crippen LogP contribution in [0.15, 0.2) is 11.6 Å². The zero-order valence-electron chi connectivity index (χ0n) is 7.56. The SMILES string of the molecule is CCC(C=C(C)C(=O)O)[Si](O)(O)O. The summed E-state index contributed by atoms with van der Waals surface area (Å²) in [5.41, 5.74) is -0.857. The van der Waals surface area contributed by atoms with E-state index in [-0.39, 0.29) is 5.57 Å². The second-order valence-electron chi connectivity index (χ2n) is 2.86. The Morgan fingerprint density at radius 1 is 1.46 bits per heavy atom. The lowest BCUT2D eigenvalue weighted by molar-refractivity contribution is -0.132. The number of aliphatic carboxylic acids is 1. The van der Waals surface area contributed by atoms with Gasteiger partial charge in [0.05, 0.1) is 0 Å². The van der Waals surface area contributed by atoms with E-state index in [4.69, 9.17) is 19.5 Å². The second-order valence-corrected chi connectivity index (χ2v) is 4.97. The number of carbonyl (C=O) groups is 1. The Morgan fingerprint density at radius 3 is 2.15 bits per heavy atom. The van der Waals surface area contributed by atoms with E-state index >= 15 is 0 Å². The van der Waals surface area contributed by atoms with Crippen LogP contribution in [-0.2, 0) is 4.79 Å². The molecule has 0 spiro atoms. The summed E-state index contributed by atoms with van der Waals surface area (Å²) < 4.78 is 0. The van der Waals surface area contributed by atoms with Crippen molar-refractivity contribution in [3.8, 4) is 0 Å². The maximum absolute atomic E-state index is 10.4. The molecule has 0 saturated heterocycles. The van der Waals surface area contributed by atoms with Crippen LogP contribution >= 0.6 is 0 Å². The van der Waals surface area contributed by atoms with Gasteiger partial charge in [-0.25, -0.2) is 4.79 Å². The van der Waals surface area contributed by atoms with Gasteiger partial charge < -0.3 is 19.5 Å². The number of allylic oxidation sites excluding steroid dienone is 1. The highest BCUT2D eigenvalue weighted by Gasteiger charge is 2.36. The van der Waals surface area contributed by atoms with Gasteiger partial charge >= 0.3 is 14.8 Å². The molecular formula is C7H14O5Si. The van der Waals surface area contributed by atoms with E-state index in [0.29, 0.717) is 6.42 Å². The molecule has 0 aliphatic carbocycles. The van der Waals surface area contributed by atoms with Crippen LogP contribution in [-0.4, -0.2) is 34.3 Å². The molecule has 0 rings (SSSR count). The van der Waals surface area contributed by atoms with E-state index < -0.39 is 20.3 Å². The van der Waals surface area contributed by atoms with Crippen LogP contribution in [0.1, 0.15) is 20.3 Å². The first-order valence-electron chi connectivity index (χ1n) is 3.87. The summed E-state index contributed by atoms with van der Waals surface area (Å²) in [5, 5.41) is 8.49. The van der Waals surface area contributed by atoms with E-state index in [1.807, 2.05) is 0 Å². The van der Waals surface area contributed by atoms with Gasteiger partial charge in [-0.3, -0.25) is 0 Å². The van der Waals surface area contributed by atoms with Gasteiger partial charge in [-0.2, -0.15) is 0 Å². The van der Waals surface area contributed by atoms with E-state index in [9.17, 15) is 4.79 Å². The quantitative estimate of drug-likeness (QED) is 0.374. The third-order valence-electron chi connectivity index (χ3n) is 1.73. The van der Waals surface area contributed by atoms with Crippen LogP contribution in [0.2, 0.25) is 5.54 Å². The first-order chi connectivity index (χ1) is 5.79. The number of carboxylic acid groups (broad SMARTS) is 1. The monoisotopic (exact) mass is 206 g/mol. The molecule has 76 valence electrons. The van der Waals surface area contributed by atoms with Crippen LogP contribution in [0.5, 0.6) is 0 Å². The molecule has 0 aromatic rings. The Bertz CT molecular complexity index is 217. The smallest absolute Gasteiger partial charge is 0.478 e. The molecule has 0 aromatic heterocycles. The summed E-state index contributed by atoms with van der Waals surface area (Å²) in [7, 11) is -4.24. The average Bonchev–Trinajstić information content (AvgIpc) is 1.96. The van der Waals surface area contributed by atoms with Gasteiger partial charge in [0.2, 0.25) is 0 Å². The van der Waals surface area contributed by atoms with Crippen molar-refractivity contribution in [2.75, 3.05) is 0 Å². The lowest BCUT2D eigenvalue weighted by Gasteiger charge is -2.17. The molecule has 5 nitrogen and oxygen atoms in total. The highest BCUT2D eigenvalue weighted by atomic mass is 28.4. The molecule has 4 N–H and O–H groups in total. The maximum atomic E-state index is 10.4. The number of rotatable bonds is 4. The van der Waals surface area contributed by atoms with Gasteiger partial charge in [-0.05, 0) is 13.3 Å². The number of carboxylic acids is 1. The van der Waals surface area contributed by atoms with Gasteiger partial charge in [0, 0.05) is 11.1 Å². The van der Waals surface area contributed by atoms with Gasteiger partial charge in [-0.15, -0.1) is 0 Å². The summed E-state index contributed by atoms with van der Waals surface area (Å²) in [4.78, 5) is 37.1. The first-order valence-corrected chi connectivity index (χ1v) is 5.79. The fraction of sp³-hybridized carbons (Fsp3) is 0.571.